The van der Waals surface area contributed by atoms with Crippen molar-refractivity contribution < 1.29 is 4.79 Å². The standard InChI is InChI=1S/C19H24N4OS/c1-12-3-4-14(9-20-12)19(24)22-15-7-16-5-6-17(8-15)23(16)10-18-13(2)21-11-25-18/h3-4,9,11,15-17H,5-8,10H2,1-2H3,(H,22,24). The van der Waals surface area contributed by atoms with Gasteiger partial charge in [0.25, 0.3) is 5.91 Å². The Labute approximate surface area is 152 Å². The molecule has 5 nitrogen and oxygen atoms in total. The van der Waals surface area contributed by atoms with Crippen molar-refractivity contribution >= 4 is 17.2 Å². The molecule has 2 aliphatic rings. The van der Waals surface area contributed by atoms with E-state index in [4.69, 9.17) is 0 Å². The number of hydrogen-bond acceptors (Lipinski definition) is 5. The third-order valence-corrected chi connectivity index (χ3v) is 6.48. The van der Waals surface area contributed by atoms with Crippen LogP contribution in [0.3, 0.4) is 0 Å². The molecule has 0 aromatic carbocycles. The quantitative estimate of drug-likeness (QED) is 0.915. The van der Waals surface area contributed by atoms with E-state index in [-0.39, 0.29) is 11.9 Å². The second kappa shape index (κ2) is 6.84. The van der Waals surface area contributed by atoms with E-state index in [1.54, 1.807) is 17.5 Å². The van der Waals surface area contributed by atoms with E-state index in [2.05, 4.69) is 27.1 Å². The van der Waals surface area contributed by atoms with Crippen molar-refractivity contribution in [3.05, 3.63) is 45.7 Å². The zero-order valence-electron chi connectivity index (χ0n) is 14.7. The first-order chi connectivity index (χ1) is 12.1. The van der Waals surface area contributed by atoms with E-state index < -0.39 is 0 Å². The largest absolute Gasteiger partial charge is 0.349 e. The van der Waals surface area contributed by atoms with E-state index in [1.165, 1.54) is 17.7 Å². The number of thiazole rings is 1. The second-order valence-electron chi connectivity index (χ2n) is 7.25. The molecule has 2 aliphatic heterocycles. The van der Waals surface area contributed by atoms with Gasteiger partial charge in [-0.05, 0) is 51.7 Å². The van der Waals surface area contributed by atoms with Gasteiger partial charge in [-0.15, -0.1) is 11.3 Å². The van der Waals surface area contributed by atoms with Gasteiger partial charge in [-0.1, -0.05) is 0 Å². The third-order valence-electron chi connectivity index (χ3n) is 5.56. The molecule has 4 heterocycles. The summed E-state index contributed by atoms with van der Waals surface area (Å²) in [4.78, 5) is 25.1. The Morgan fingerprint density at radius 2 is 2.00 bits per heavy atom. The molecule has 1 N–H and O–H groups in total. The van der Waals surface area contributed by atoms with Crippen molar-refractivity contribution in [1.82, 2.24) is 20.2 Å². The van der Waals surface area contributed by atoms with Crippen LogP contribution < -0.4 is 5.32 Å². The molecule has 4 rings (SSSR count). The number of aromatic nitrogens is 2. The zero-order chi connectivity index (χ0) is 17.4. The van der Waals surface area contributed by atoms with Gasteiger partial charge in [-0.3, -0.25) is 14.7 Å². The predicted octanol–water partition coefficient (Wildman–Crippen LogP) is 3.08. The van der Waals surface area contributed by atoms with Gasteiger partial charge in [-0.25, -0.2) is 4.98 Å². The van der Waals surface area contributed by atoms with Gasteiger partial charge >= 0.3 is 0 Å². The van der Waals surface area contributed by atoms with Crippen LogP contribution in [-0.2, 0) is 6.54 Å². The lowest BCUT2D eigenvalue weighted by atomic mass is 9.96. The van der Waals surface area contributed by atoms with E-state index >= 15 is 0 Å². The maximum Gasteiger partial charge on any atom is 0.253 e. The predicted molar refractivity (Wildman–Crippen MR) is 98.7 cm³/mol. The molecular weight excluding hydrogens is 332 g/mol. The van der Waals surface area contributed by atoms with E-state index in [9.17, 15) is 4.79 Å². The molecule has 2 atom stereocenters. The minimum Gasteiger partial charge on any atom is -0.349 e. The Balaban J connectivity index is 1.39. The summed E-state index contributed by atoms with van der Waals surface area (Å²) in [6.45, 7) is 5.03. The maximum absolute atomic E-state index is 12.5. The average Bonchev–Trinajstić information content (AvgIpc) is 3.09. The number of carbonyl (C=O) groups excluding carboxylic acids is 1. The van der Waals surface area contributed by atoms with Crippen LogP contribution >= 0.6 is 11.3 Å². The normalized spacial score (nSPS) is 25.9. The fourth-order valence-corrected chi connectivity index (χ4v) is 4.95. The van der Waals surface area contributed by atoms with E-state index in [0.29, 0.717) is 17.6 Å². The number of rotatable bonds is 4. The summed E-state index contributed by atoms with van der Waals surface area (Å²) >= 11 is 1.76. The smallest absolute Gasteiger partial charge is 0.253 e. The Hall–Kier alpha value is -1.79. The second-order valence-corrected chi connectivity index (χ2v) is 8.19. The molecule has 2 unspecified atom stereocenters. The van der Waals surface area contributed by atoms with Gasteiger partial charge in [0.15, 0.2) is 0 Å². The minimum absolute atomic E-state index is 0.00338. The van der Waals surface area contributed by atoms with Crippen LogP contribution in [0.25, 0.3) is 0 Å². The Morgan fingerprint density at radius 1 is 1.24 bits per heavy atom. The molecule has 6 heteroatoms. The van der Waals surface area contributed by atoms with Crippen LogP contribution in [0, 0.1) is 13.8 Å². The number of hydrogen-bond donors (Lipinski definition) is 1. The summed E-state index contributed by atoms with van der Waals surface area (Å²) in [6.07, 6.45) is 6.22. The lowest BCUT2D eigenvalue weighted by Gasteiger charge is -2.39. The molecule has 2 saturated heterocycles. The highest BCUT2D eigenvalue weighted by atomic mass is 32.1. The fraction of sp³-hybridized carbons (Fsp3) is 0.526. The fourth-order valence-electron chi connectivity index (χ4n) is 4.16. The van der Waals surface area contributed by atoms with Crippen molar-refractivity contribution in [3.8, 4) is 0 Å². The summed E-state index contributed by atoms with van der Waals surface area (Å²) < 4.78 is 0. The van der Waals surface area contributed by atoms with Crippen LogP contribution in [-0.4, -0.2) is 38.9 Å². The monoisotopic (exact) mass is 356 g/mol. The van der Waals surface area contributed by atoms with Crippen molar-refractivity contribution in [2.24, 2.45) is 0 Å². The van der Waals surface area contributed by atoms with Gasteiger partial charge < -0.3 is 5.32 Å². The molecule has 1 amide bonds. The molecule has 2 aromatic rings. The number of nitrogens with one attached hydrogen (secondary N) is 1. The van der Waals surface area contributed by atoms with Gasteiger partial charge in [0.2, 0.25) is 0 Å². The van der Waals surface area contributed by atoms with E-state index in [0.717, 1.165) is 30.8 Å². The molecule has 25 heavy (non-hydrogen) atoms. The molecule has 0 aliphatic carbocycles. The Kier molecular flexibility index (Phi) is 4.56. The zero-order valence-corrected chi connectivity index (χ0v) is 15.6. The summed E-state index contributed by atoms with van der Waals surface area (Å²) in [5.41, 5.74) is 4.68. The Bertz CT molecular complexity index is 743. The van der Waals surface area contributed by atoms with Crippen LogP contribution in [0.15, 0.2) is 23.8 Å². The lowest BCUT2D eigenvalue weighted by Crippen LogP contribution is -2.49. The number of nitrogens with zero attached hydrogens (tertiary/aromatic N) is 3. The maximum atomic E-state index is 12.5. The van der Waals surface area contributed by atoms with Crippen molar-refractivity contribution in [2.75, 3.05) is 0 Å². The van der Waals surface area contributed by atoms with Crippen molar-refractivity contribution in [1.29, 1.82) is 0 Å². The summed E-state index contributed by atoms with van der Waals surface area (Å²) in [7, 11) is 0. The summed E-state index contributed by atoms with van der Waals surface area (Å²) in [5.74, 6) is 0.00338. The molecular formula is C19H24N4OS. The highest BCUT2D eigenvalue weighted by Crippen LogP contribution is 2.37. The van der Waals surface area contributed by atoms with Gasteiger partial charge in [0, 0.05) is 41.4 Å². The molecule has 0 radical (unpaired) electrons. The van der Waals surface area contributed by atoms with Gasteiger partial charge in [0.1, 0.15) is 0 Å². The van der Waals surface area contributed by atoms with Gasteiger partial charge in [0.05, 0.1) is 16.8 Å². The van der Waals surface area contributed by atoms with Crippen LogP contribution in [0.2, 0.25) is 0 Å². The number of piperidine rings is 1. The first kappa shape index (κ1) is 16.7. The van der Waals surface area contributed by atoms with Crippen LogP contribution in [0.1, 0.15) is 52.3 Å². The molecule has 2 bridgehead atoms. The third kappa shape index (κ3) is 3.46. The highest BCUT2D eigenvalue weighted by molar-refractivity contribution is 7.09. The lowest BCUT2D eigenvalue weighted by molar-refractivity contribution is 0.0830. The first-order valence-corrected chi connectivity index (χ1v) is 9.86. The molecule has 132 valence electrons. The van der Waals surface area contributed by atoms with Crippen molar-refractivity contribution in [3.63, 3.8) is 0 Å². The van der Waals surface area contributed by atoms with Crippen LogP contribution in [0.5, 0.6) is 0 Å². The summed E-state index contributed by atoms with van der Waals surface area (Å²) in [5, 5.41) is 3.23. The number of aryl methyl sites for hydroxylation is 2. The number of fused-ring (bicyclic) bond motifs is 2. The topological polar surface area (TPSA) is 58.1 Å². The number of carbonyl (C=O) groups is 1. The van der Waals surface area contributed by atoms with Gasteiger partial charge in [-0.2, -0.15) is 0 Å². The SMILES string of the molecule is Cc1ccc(C(=O)NC2CC3CCC(C2)N3Cc2scnc2C)cn1. The van der Waals surface area contributed by atoms with Crippen LogP contribution in [0.4, 0.5) is 0 Å². The van der Waals surface area contributed by atoms with Crippen molar-refractivity contribution in [2.45, 2.75) is 64.2 Å². The molecule has 2 aromatic heterocycles. The number of pyridine rings is 1. The minimum atomic E-state index is 0.00338. The average molecular weight is 356 g/mol. The Morgan fingerprint density at radius 3 is 2.60 bits per heavy atom. The molecule has 0 spiro atoms. The number of amides is 1. The first-order valence-electron chi connectivity index (χ1n) is 8.98. The molecule has 2 fully saturated rings. The highest BCUT2D eigenvalue weighted by Gasteiger charge is 2.41. The summed E-state index contributed by atoms with van der Waals surface area (Å²) in [6, 6.07) is 5.15. The van der Waals surface area contributed by atoms with E-state index in [1.807, 2.05) is 24.6 Å². The molecule has 0 saturated carbocycles.